The van der Waals surface area contributed by atoms with Crippen LogP contribution < -0.4 is 0 Å². The monoisotopic (exact) mass is 352 g/mol. The highest BCUT2D eigenvalue weighted by Gasteiger charge is 2.30. The van der Waals surface area contributed by atoms with Gasteiger partial charge in [0.2, 0.25) is 0 Å². The zero-order valence-electron chi connectivity index (χ0n) is 14.5. The van der Waals surface area contributed by atoms with Crippen molar-refractivity contribution in [2.45, 2.75) is 55.3 Å². The summed E-state index contributed by atoms with van der Waals surface area (Å²) in [7, 11) is 0. The van der Waals surface area contributed by atoms with Gasteiger partial charge in [0.1, 0.15) is 10.9 Å². The van der Waals surface area contributed by atoms with Crippen LogP contribution in [0.1, 0.15) is 45.5 Å². The van der Waals surface area contributed by atoms with E-state index in [1.165, 1.54) is 12.8 Å². The van der Waals surface area contributed by atoms with Gasteiger partial charge in [-0.25, -0.2) is 9.97 Å². The van der Waals surface area contributed by atoms with Gasteiger partial charge in [0.15, 0.2) is 11.0 Å². The van der Waals surface area contributed by atoms with E-state index in [0.717, 1.165) is 27.4 Å². The molecule has 1 saturated carbocycles. The Hall–Kier alpha value is -2.28. The summed E-state index contributed by atoms with van der Waals surface area (Å²) in [5.41, 5.74) is 0.961. The molecule has 0 saturated heterocycles. The third kappa shape index (κ3) is 3.42. The van der Waals surface area contributed by atoms with E-state index in [9.17, 15) is 0 Å². The van der Waals surface area contributed by atoms with Crippen LogP contribution in [-0.2, 0) is 5.41 Å². The van der Waals surface area contributed by atoms with E-state index >= 15 is 0 Å². The molecule has 1 aliphatic carbocycles. The first-order valence-corrected chi connectivity index (χ1v) is 9.21. The fourth-order valence-electron chi connectivity index (χ4n) is 2.56. The number of aromatic nitrogens is 6. The highest BCUT2D eigenvalue weighted by Crippen LogP contribution is 2.42. The second-order valence-corrected chi connectivity index (χ2v) is 8.20. The number of nitrogens with zero attached hydrogens (tertiary/aromatic N) is 6. The van der Waals surface area contributed by atoms with Gasteiger partial charge in [-0.3, -0.25) is 9.55 Å². The van der Waals surface area contributed by atoms with E-state index in [0.29, 0.717) is 6.04 Å². The summed E-state index contributed by atoms with van der Waals surface area (Å²) >= 11 is 1.55. The van der Waals surface area contributed by atoms with Crippen LogP contribution in [0.3, 0.4) is 0 Å². The Balaban J connectivity index is 1.69. The van der Waals surface area contributed by atoms with E-state index in [1.807, 2.05) is 24.4 Å². The van der Waals surface area contributed by atoms with E-state index < -0.39 is 0 Å². The minimum Gasteiger partial charge on any atom is -0.299 e. The normalized spacial score (nSPS) is 14.7. The van der Waals surface area contributed by atoms with Gasteiger partial charge in [-0.15, -0.1) is 10.2 Å². The van der Waals surface area contributed by atoms with E-state index in [-0.39, 0.29) is 5.41 Å². The second kappa shape index (κ2) is 6.22. The summed E-state index contributed by atoms with van der Waals surface area (Å²) in [6.07, 6.45) is 7.72. The maximum atomic E-state index is 4.70. The van der Waals surface area contributed by atoms with E-state index in [2.05, 4.69) is 45.5 Å². The van der Waals surface area contributed by atoms with Crippen molar-refractivity contribution in [1.82, 2.24) is 29.7 Å². The quantitative estimate of drug-likeness (QED) is 0.663. The molecule has 0 spiro atoms. The molecule has 0 N–H and O–H groups in total. The molecule has 128 valence electrons. The molecule has 0 unspecified atom stereocenters. The summed E-state index contributed by atoms with van der Waals surface area (Å²) in [5, 5.41) is 10.7. The molecule has 25 heavy (non-hydrogen) atoms. The zero-order valence-corrected chi connectivity index (χ0v) is 15.4. The van der Waals surface area contributed by atoms with Gasteiger partial charge in [0, 0.05) is 35.6 Å². The van der Waals surface area contributed by atoms with Crippen molar-refractivity contribution in [3.05, 3.63) is 42.6 Å². The number of pyridine rings is 1. The molecule has 0 bridgehead atoms. The van der Waals surface area contributed by atoms with Crippen LogP contribution in [0.4, 0.5) is 0 Å². The molecule has 0 amide bonds. The van der Waals surface area contributed by atoms with Gasteiger partial charge in [0.05, 0.1) is 0 Å². The standard InChI is InChI=1S/C18H20N6S/c1-18(2,3)16-20-11-8-14(21-16)25-17-23-22-15(24(17)13-4-5-13)12-6-9-19-10-7-12/h6-11,13H,4-5H2,1-3H3. The number of hydrogen-bond donors (Lipinski definition) is 0. The topological polar surface area (TPSA) is 69.4 Å². The lowest BCUT2D eigenvalue weighted by Gasteiger charge is -2.16. The molecular formula is C18H20N6S. The predicted molar refractivity (Wildman–Crippen MR) is 96.4 cm³/mol. The van der Waals surface area contributed by atoms with Crippen molar-refractivity contribution in [3.63, 3.8) is 0 Å². The average molecular weight is 352 g/mol. The summed E-state index contributed by atoms with van der Waals surface area (Å²) in [6, 6.07) is 6.35. The lowest BCUT2D eigenvalue weighted by atomic mass is 9.96. The molecule has 0 aromatic carbocycles. The highest BCUT2D eigenvalue weighted by molar-refractivity contribution is 7.99. The van der Waals surface area contributed by atoms with Crippen LogP contribution in [0.15, 0.2) is 47.0 Å². The minimum atomic E-state index is -0.0804. The van der Waals surface area contributed by atoms with Crippen LogP contribution >= 0.6 is 11.8 Å². The molecule has 0 aliphatic heterocycles. The first-order valence-electron chi connectivity index (χ1n) is 8.39. The number of hydrogen-bond acceptors (Lipinski definition) is 6. The van der Waals surface area contributed by atoms with Crippen molar-refractivity contribution in [2.24, 2.45) is 0 Å². The molecule has 0 atom stereocenters. The van der Waals surface area contributed by atoms with Crippen molar-refractivity contribution >= 4 is 11.8 Å². The van der Waals surface area contributed by atoms with Crippen LogP contribution in [0.25, 0.3) is 11.4 Å². The fraction of sp³-hybridized carbons (Fsp3) is 0.389. The van der Waals surface area contributed by atoms with Gasteiger partial charge in [-0.05, 0) is 42.8 Å². The third-order valence-corrected chi connectivity index (χ3v) is 4.91. The molecule has 1 aliphatic rings. The van der Waals surface area contributed by atoms with Crippen LogP contribution in [0.5, 0.6) is 0 Å². The van der Waals surface area contributed by atoms with Gasteiger partial charge in [-0.1, -0.05) is 20.8 Å². The molecule has 4 rings (SSSR count). The van der Waals surface area contributed by atoms with Gasteiger partial charge in [-0.2, -0.15) is 0 Å². The molecule has 7 heteroatoms. The van der Waals surface area contributed by atoms with Crippen LogP contribution in [0, 0.1) is 0 Å². The highest BCUT2D eigenvalue weighted by atomic mass is 32.2. The lowest BCUT2D eigenvalue weighted by Crippen LogP contribution is -2.15. The Morgan fingerprint density at radius 3 is 2.48 bits per heavy atom. The van der Waals surface area contributed by atoms with Crippen LogP contribution in [0.2, 0.25) is 0 Å². The summed E-state index contributed by atoms with van der Waals surface area (Å²) in [4.78, 5) is 13.2. The van der Waals surface area contributed by atoms with Crippen molar-refractivity contribution in [2.75, 3.05) is 0 Å². The minimum absolute atomic E-state index is 0.0804. The average Bonchev–Trinajstić information content (AvgIpc) is 3.36. The Morgan fingerprint density at radius 2 is 1.80 bits per heavy atom. The van der Waals surface area contributed by atoms with Crippen molar-refractivity contribution < 1.29 is 0 Å². The zero-order chi connectivity index (χ0) is 17.4. The lowest BCUT2D eigenvalue weighted by molar-refractivity contribution is 0.538. The third-order valence-electron chi connectivity index (χ3n) is 4.01. The summed E-state index contributed by atoms with van der Waals surface area (Å²) in [6.45, 7) is 6.35. The fourth-order valence-corrected chi connectivity index (χ4v) is 3.42. The van der Waals surface area contributed by atoms with E-state index in [4.69, 9.17) is 4.98 Å². The smallest absolute Gasteiger partial charge is 0.198 e. The predicted octanol–water partition coefficient (Wildman–Crippen LogP) is 3.91. The van der Waals surface area contributed by atoms with Gasteiger partial charge < -0.3 is 0 Å². The Kier molecular flexibility index (Phi) is 4.03. The Labute approximate surface area is 151 Å². The van der Waals surface area contributed by atoms with Crippen LogP contribution in [-0.4, -0.2) is 29.7 Å². The molecule has 3 aromatic heterocycles. The first-order chi connectivity index (χ1) is 12.0. The molecule has 6 nitrogen and oxygen atoms in total. The molecule has 3 heterocycles. The first kappa shape index (κ1) is 16.2. The maximum Gasteiger partial charge on any atom is 0.198 e. The summed E-state index contributed by atoms with van der Waals surface area (Å²) < 4.78 is 2.23. The molecule has 0 radical (unpaired) electrons. The molecule has 3 aromatic rings. The van der Waals surface area contributed by atoms with Gasteiger partial charge >= 0.3 is 0 Å². The largest absolute Gasteiger partial charge is 0.299 e. The van der Waals surface area contributed by atoms with Crippen molar-refractivity contribution in [1.29, 1.82) is 0 Å². The maximum absolute atomic E-state index is 4.70. The van der Waals surface area contributed by atoms with E-state index in [1.54, 1.807) is 24.2 Å². The number of rotatable bonds is 4. The van der Waals surface area contributed by atoms with Crippen molar-refractivity contribution in [3.8, 4) is 11.4 Å². The Bertz CT molecular complexity index is 880. The SMILES string of the molecule is CC(C)(C)c1nccc(Sc2nnc(-c3ccncc3)n2C2CC2)n1. The molecular weight excluding hydrogens is 332 g/mol. The summed E-state index contributed by atoms with van der Waals surface area (Å²) in [5.74, 6) is 1.74. The second-order valence-electron chi connectivity index (χ2n) is 7.21. The van der Waals surface area contributed by atoms with Gasteiger partial charge in [0.25, 0.3) is 0 Å². The Morgan fingerprint density at radius 1 is 1.04 bits per heavy atom. The molecule has 1 fully saturated rings.